The first-order chi connectivity index (χ1) is 6.42. The lowest BCUT2D eigenvalue weighted by atomic mass is 10.0. The molecule has 14 heavy (non-hydrogen) atoms. The van der Waals surface area contributed by atoms with Gasteiger partial charge in [-0.05, 0) is 25.5 Å². The molecule has 1 heterocycles. The molecule has 1 aliphatic heterocycles. The first-order valence-electron chi connectivity index (χ1n) is 4.78. The van der Waals surface area contributed by atoms with E-state index >= 15 is 0 Å². The first kappa shape index (κ1) is 11.3. The fraction of sp³-hybridized carbons (Fsp3) is 0.455. The molecule has 0 amide bonds. The van der Waals surface area contributed by atoms with E-state index in [4.69, 9.17) is 4.74 Å². The van der Waals surface area contributed by atoms with Crippen LogP contribution in [-0.2, 0) is 0 Å². The normalized spacial score (nSPS) is 20.2. The summed E-state index contributed by atoms with van der Waals surface area (Å²) in [6.07, 6.45) is 2.49. The fourth-order valence-corrected chi connectivity index (χ4v) is 1.90. The number of ether oxygens (including phenoxy) is 1. The Morgan fingerprint density at radius 2 is 2.14 bits per heavy atom. The number of hydrogen-bond donors (Lipinski definition) is 1. The van der Waals surface area contributed by atoms with E-state index in [9.17, 15) is 0 Å². The summed E-state index contributed by atoms with van der Waals surface area (Å²) in [6, 6.07) is 8.74. The van der Waals surface area contributed by atoms with Crippen molar-refractivity contribution >= 4 is 12.4 Å². The average Bonchev–Trinajstić information content (AvgIpc) is 2.70. The molecule has 0 aliphatic carbocycles. The Labute approximate surface area is 91.1 Å². The Hall–Kier alpha value is -0.730. The molecule has 1 aromatic carbocycles. The van der Waals surface area contributed by atoms with Crippen LogP contribution in [0, 0.1) is 0 Å². The van der Waals surface area contributed by atoms with Gasteiger partial charge >= 0.3 is 0 Å². The molecular formula is C11H16ClNO. The molecule has 0 spiro atoms. The molecule has 1 fully saturated rings. The largest absolute Gasteiger partial charge is 0.496 e. The minimum absolute atomic E-state index is 0. The van der Waals surface area contributed by atoms with Crippen molar-refractivity contribution in [3.8, 4) is 5.75 Å². The molecule has 2 nitrogen and oxygen atoms in total. The number of para-hydroxylation sites is 1. The minimum Gasteiger partial charge on any atom is -0.496 e. The summed E-state index contributed by atoms with van der Waals surface area (Å²) in [7, 11) is 1.73. The molecule has 0 aromatic heterocycles. The zero-order chi connectivity index (χ0) is 9.10. The maximum Gasteiger partial charge on any atom is 0.123 e. The van der Waals surface area contributed by atoms with Crippen molar-refractivity contribution in [1.82, 2.24) is 5.32 Å². The summed E-state index contributed by atoms with van der Waals surface area (Å²) in [5.41, 5.74) is 1.29. The molecule has 0 saturated carbocycles. The minimum atomic E-state index is 0. The number of rotatable bonds is 2. The zero-order valence-electron chi connectivity index (χ0n) is 8.32. The molecule has 1 aliphatic rings. The highest BCUT2D eigenvalue weighted by molar-refractivity contribution is 5.85. The fourth-order valence-electron chi connectivity index (χ4n) is 1.90. The van der Waals surface area contributed by atoms with Crippen LogP contribution in [0.1, 0.15) is 24.4 Å². The summed E-state index contributed by atoms with van der Waals surface area (Å²) >= 11 is 0. The van der Waals surface area contributed by atoms with Crippen LogP contribution in [0.3, 0.4) is 0 Å². The predicted octanol–water partition coefficient (Wildman–Crippen LogP) is 2.54. The summed E-state index contributed by atoms with van der Waals surface area (Å²) in [6.45, 7) is 1.13. The van der Waals surface area contributed by atoms with Gasteiger partial charge in [-0.25, -0.2) is 0 Å². The highest BCUT2D eigenvalue weighted by Gasteiger charge is 2.18. The van der Waals surface area contributed by atoms with Crippen LogP contribution in [0.25, 0.3) is 0 Å². The third-order valence-electron chi connectivity index (χ3n) is 2.57. The van der Waals surface area contributed by atoms with E-state index in [0.29, 0.717) is 6.04 Å². The van der Waals surface area contributed by atoms with Crippen molar-refractivity contribution in [3.63, 3.8) is 0 Å². The standard InChI is InChI=1S/C11H15NO.ClH/c1-13-11-7-3-2-5-9(11)10-6-4-8-12-10;/h2-3,5,7,10,12H,4,6,8H2,1H3;1H. The van der Waals surface area contributed by atoms with Gasteiger partial charge in [0.05, 0.1) is 7.11 Å². The van der Waals surface area contributed by atoms with Gasteiger partial charge in [-0.1, -0.05) is 18.2 Å². The van der Waals surface area contributed by atoms with E-state index in [2.05, 4.69) is 17.4 Å². The van der Waals surface area contributed by atoms with Crippen molar-refractivity contribution in [1.29, 1.82) is 0 Å². The first-order valence-corrected chi connectivity index (χ1v) is 4.78. The van der Waals surface area contributed by atoms with E-state index in [1.54, 1.807) is 7.11 Å². The second kappa shape index (κ2) is 5.23. The van der Waals surface area contributed by atoms with Crippen molar-refractivity contribution < 1.29 is 4.74 Å². The number of nitrogens with one attached hydrogen (secondary N) is 1. The maximum atomic E-state index is 5.32. The monoisotopic (exact) mass is 213 g/mol. The van der Waals surface area contributed by atoms with Crippen molar-refractivity contribution in [2.45, 2.75) is 18.9 Å². The Bertz CT molecular complexity index is 284. The molecule has 0 radical (unpaired) electrons. The van der Waals surface area contributed by atoms with Gasteiger partial charge in [0.1, 0.15) is 5.75 Å². The lowest BCUT2D eigenvalue weighted by molar-refractivity contribution is 0.403. The van der Waals surface area contributed by atoms with Crippen molar-refractivity contribution in [2.75, 3.05) is 13.7 Å². The highest BCUT2D eigenvalue weighted by atomic mass is 35.5. The third-order valence-corrected chi connectivity index (χ3v) is 2.57. The molecule has 1 aromatic rings. The summed E-state index contributed by atoms with van der Waals surface area (Å²) in [5.74, 6) is 1.00. The van der Waals surface area contributed by atoms with Crippen LogP contribution >= 0.6 is 12.4 Å². The lowest BCUT2D eigenvalue weighted by Gasteiger charge is -2.14. The van der Waals surface area contributed by atoms with Gasteiger partial charge in [0, 0.05) is 11.6 Å². The van der Waals surface area contributed by atoms with Crippen molar-refractivity contribution in [2.24, 2.45) is 0 Å². The number of hydrogen-bond acceptors (Lipinski definition) is 2. The Morgan fingerprint density at radius 1 is 1.36 bits per heavy atom. The SMILES string of the molecule is COc1ccccc1C1CCCN1.Cl. The Morgan fingerprint density at radius 3 is 2.79 bits per heavy atom. The van der Waals surface area contributed by atoms with Crippen LogP contribution in [0.2, 0.25) is 0 Å². The quantitative estimate of drug-likeness (QED) is 0.816. The summed E-state index contributed by atoms with van der Waals surface area (Å²) < 4.78 is 5.32. The van der Waals surface area contributed by atoms with Crippen LogP contribution in [-0.4, -0.2) is 13.7 Å². The Balaban J connectivity index is 0.000000980. The predicted molar refractivity (Wildman–Crippen MR) is 60.2 cm³/mol. The van der Waals surface area contributed by atoms with Gasteiger partial charge in [0.25, 0.3) is 0 Å². The van der Waals surface area contributed by atoms with Gasteiger partial charge in [-0.2, -0.15) is 0 Å². The molecule has 1 atom stereocenters. The number of benzene rings is 1. The van der Waals surface area contributed by atoms with Crippen LogP contribution in [0.4, 0.5) is 0 Å². The second-order valence-corrected chi connectivity index (χ2v) is 3.39. The van der Waals surface area contributed by atoms with Crippen LogP contribution in [0.15, 0.2) is 24.3 Å². The molecule has 1 unspecified atom stereocenters. The van der Waals surface area contributed by atoms with E-state index in [-0.39, 0.29) is 12.4 Å². The molecule has 78 valence electrons. The van der Waals surface area contributed by atoms with Gasteiger partial charge in [-0.15, -0.1) is 12.4 Å². The smallest absolute Gasteiger partial charge is 0.123 e. The summed E-state index contributed by atoms with van der Waals surface area (Å²) in [4.78, 5) is 0. The summed E-state index contributed by atoms with van der Waals surface area (Å²) in [5, 5.41) is 3.47. The van der Waals surface area contributed by atoms with E-state index in [1.807, 2.05) is 12.1 Å². The number of halogens is 1. The van der Waals surface area contributed by atoms with Crippen molar-refractivity contribution in [3.05, 3.63) is 29.8 Å². The third kappa shape index (κ3) is 2.20. The van der Waals surface area contributed by atoms with Gasteiger partial charge in [0.2, 0.25) is 0 Å². The molecule has 1 N–H and O–H groups in total. The zero-order valence-corrected chi connectivity index (χ0v) is 9.14. The van der Waals surface area contributed by atoms with E-state index in [1.165, 1.54) is 18.4 Å². The maximum absolute atomic E-state index is 5.32. The topological polar surface area (TPSA) is 21.3 Å². The number of methoxy groups -OCH3 is 1. The van der Waals surface area contributed by atoms with Crippen LogP contribution < -0.4 is 10.1 Å². The highest BCUT2D eigenvalue weighted by Crippen LogP contribution is 2.30. The molecule has 1 saturated heterocycles. The second-order valence-electron chi connectivity index (χ2n) is 3.39. The van der Waals surface area contributed by atoms with Gasteiger partial charge in [-0.3, -0.25) is 0 Å². The molecule has 3 heteroatoms. The van der Waals surface area contributed by atoms with E-state index in [0.717, 1.165) is 12.3 Å². The van der Waals surface area contributed by atoms with Gasteiger partial charge < -0.3 is 10.1 Å². The van der Waals surface area contributed by atoms with Gasteiger partial charge in [0.15, 0.2) is 0 Å². The lowest BCUT2D eigenvalue weighted by Crippen LogP contribution is -2.13. The molecule has 0 bridgehead atoms. The van der Waals surface area contributed by atoms with Crippen LogP contribution in [0.5, 0.6) is 5.75 Å². The Kier molecular flexibility index (Phi) is 4.23. The molecule has 2 rings (SSSR count). The average molecular weight is 214 g/mol. The van der Waals surface area contributed by atoms with E-state index < -0.39 is 0 Å². The molecular weight excluding hydrogens is 198 g/mol.